The molecule has 0 saturated heterocycles. The van der Waals surface area contributed by atoms with Gasteiger partial charge in [-0.05, 0) is 40.2 Å². The fraction of sp³-hybridized carbons (Fsp3) is 0.167. The number of aliphatic hydroxyl groups excluding tert-OH is 1. The Balaban J connectivity index is 2.46. The van der Waals surface area contributed by atoms with Crippen molar-refractivity contribution in [3.8, 4) is 5.75 Å². The number of aliphatic hydroxyl groups is 1. The molecule has 0 aliphatic heterocycles. The highest BCUT2D eigenvalue weighted by Crippen LogP contribution is 2.34. The largest absolute Gasteiger partial charge is 0.496 e. The molecule has 3 nitrogen and oxygen atoms in total. The van der Waals surface area contributed by atoms with E-state index in [2.05, 4.69) is 15.9 Å². The van der Waals surface area contributed by atoms with Crippen LogP contribution in [0.4, 0.5) is 4.39 Å². The lowest BCUT2D eigenvalue weighted by molar-refractivity contribution is 0.183. The smallest absolute Gasteiger partial charge is 0.151 e. The fourth-order valence-corrected chi connectivity index (χ4v) is 1.98. The summed E-state index contributed by atoms with van der Waals surface area (Å²) in [7, 11) is 1.46. The lowest BCUT2D eigenvalue weighted by Gasteiger charge is -2.13. The van der Waals surface area contributed by atoms with Crippen LogP contribution in [0.5, 0.6) is 5.75 Å². The van der Waals surface area contributed by atoms with Crippen LogP contribution < -0.4 is 4.74 Å². The zero-order chi connectivity index (χ0) is 12.4. The first-order valence-electron chi connectivity index (χ1n) is 4.88. The minimum atomic E-state index is -1.08. The molecule has 90 valence electrons. The number of hydrogen-bond donors (Lipinski definition) is 1. The zero-order valence-electron chi connectivity index (χ0n) is 8.98. The number of furan rings is 1. The van der Waals surface area contributed by atoms with Crippen LogP contribution in [-0.4, -0.2) is 12.2 Å². The molecule has 0 saturated carbocycles. The molecule has 0 amide bonds. The van der Waals surface area contributed by atoms with Gasteiger partial charge in [0.1, 0.15) is 17.7 Å². The van der Waals surface area contributed by atoms with Crippen LogP contribution in [0.25, 0.3) is 0 Å². The summed E-state index contributed by atoms with van der Waals surface area (Å²) in [5.41, 5.74) is 0.322. The summed E-state index contributed by atoms with van der Waals surface area (Å²) in [6, 6.07) is 5.61. The van der Waals surface area contributed by atoms with Crippen molar-refractivity contribution in [3.63, 3.8) is 0 Å². The summed E-state index contributed by atoms with van der Waals surface area (Å²) >= 11 is 3.24. The number of hydrogen-bond acceptors (Lipinski definition) is 3. The second kappa shape index (κ2) is 4.89. The van der Waals surface area contributed by atoms with Gasteiger partial charge in [0.05, 0.1) is 17.8 Å². The van der Waals surface area contributed by atoms with Crippen LogP contribution in [0, 0.1) is 5.82 Å². The molecule has 0 aliphatic carbocycles. The molecule has 1 atom stereocenters. The second-order valence-electron chi connectivity index (χ2n) is 3.42. The van der Waals surface area contributed by atoms with Crippen molar-refractivity contribution >= 4 is 15.9 Å². The molecule has 1 N–H and O–H groups in total. The maximum Gasteiger partial charge on any atom is 0.151 e. The first-order valence-corrected chi connectivity index (χ1v) is 5.67. The van der Waals surface area contributed by atoms with E-state index in [-0.39, 0.29) is 0 Å². The van der Waals surface area contributed by atoms with Gasteiger partial charge in [0, 0.05) is 5.56 Å². The van der Waals surface area contributed by atoms with E-state index in [1.807, 2.05) is 0 Å². The van der Waals surface area contributed by atoms with E-state index in [9.17, 15) is 9.50 Å². The van der Waals surface area contributed by atoms with Crippen LogP contribution in [-0.2, 0) is 0 Å². The molecule has 2 rings (SSSR count). The Hall–Kier alpha value is -1.33. The molecule has 0 radical (unpaired) electrons. The molecule has 1 heterocycles. The van der Waals surface area contributed by atoms with E-state index >= 15 is 0 Å². The van der Waals surface area contributed by atoms with E-state index in [0.717, 1.165) is 0 Å². The molecule has 1 aromatic carbocycles. The van der Waals surface area contributed by atoms with Gasteiger partial charge in [0.2, 0.25) is 0 Å². The van der Waals surface area contributed by atoms with Crippen molar-refractivity contribution in [1.29, 1.82) is 0 Å². The Morgan fingerprint density at radius 2 is 2.18 bits per heavy atom. The highest BCUT2D eigenvalue weighted by Gasteiger charge is 2.21. The standard InChI is InChI=1S/C12H10BrFO3/c1-16-10-3-2-7(14)6-8(10)11(15)12-9(13)4-5-17-12/h2-6,11,15H,1H3. The first-order chi connectivity index (χ1) is 8.13. The van der Waals surface area contributed by atoms with Crippen LogP contribution >= 0.6 is 15.9 Å². The molecule has 0 aliphatic rings. The summed E-state index contributed by atoms with van der Waals surface area (Å²) in [5.74, 6) is 0.277. The molecule has 0 fully saturated rings. The lowest BCUT2D eigenvalue weighted by Crippen LogP contribution is -2.02. The summed E-state index contributed by atoms with van der Waals surface area (Å²) < 4.78 is 24.0. The Morgan fingerprint density at radius 1 is 1.41 bits per heavy atom. The average Bonchev–Trinajstić information content (AvgIpc) is 2.74. The molecule has 1 aromatic heterocycles. The molecule has 0 bridgehead atoms. The monoisotopic (exact) mass is 300 g/mol. The second-order valence-corrected chi connectivity index (χ2v) is 4.28. The number of ether oxygens (including phenoxy) is 1. The van der Waals surface area contributed by atoms with E-state index in [1.54, 1.807) is 6.07 Å². The van der Waals surface area contributed by atoms with Crippen molar-refractivity contribution < 1.29 is 18.7 Å². The van der Waals surface area contributed by atoms with Crippen LogP contribution in [0.1, 0.15) is 17.4 Å². The molecule has 5 heteroatoms. The highest BCUT2D eigenvalue weighted by molar-refractivity contribution is 9.10. The van der Waals surface area contributed by atoms with E-state index in [4.69, 9.17) is 9.15 Å². The molecule has 0 spiro atoms. The van der Waals surface area contributed by atoms with Crippen molar-refractivity contribution in [2.45, 2.75) is 6.10 Å². The predicted molar refractivity (Wildman–Crippen MR) is 63.4 cm³/mol. The predicted octanol–water partition coefficient (Wildman–Crippen LogP) is 3.27. The lowest BCUT2D eigenvalue weighted by atomic mass is 10.1. The van der Waals surface area contributed by atoms with Gasteiger partial charge in [0.25, 0.3) is 0 Å². The van der Waals surface area contributed by atoms with Crippen LogP contribution in [0.3, 0.4) is 0 Å². The minimum absolute atomic E-state index is 0.314. The number of halogens is 2. The van der Waals surface area contributed by atoms with E-state index < -0.39 is 11.9 Å². The Kier molecular flexibility index (Phi) is 3.49. The van der Waals surface area contributed by atoms with Gasteiger partial charge < -0.3 is 14.3 Å². The summed E-state index contributed by atoms with van der Waals surface area (Å²) in [6.45, 7) is 0. The Bertz CT molecular complexity index is 524. The molecule has 2 aromatic rings. The van der Waals surface area contributed by atoms with Gasteiger partial charge in [-0.2, -0.15) is 0 Å². The number of methoxy groups -OCH3 is 1. The zero-order valence-corrected chi connectivity index (χ0v) is 10.6. The third kappa shape index (κ3) is 2.35. The van der Waals surface area contributed by atoms with Gasteiger partial charge in [-0.15, -0.1) is 0 Å². The summed E-state index contributed by atoms with van der Waals surface area (Å²) in [6.07, 6.45) is 0.360. The third-order valence-electron chi connectivity index (χ3n) is 2.38. The SMILES string of the molecule is COc1ccc(F)cc1C(O)c1occc1Br. The van der Waals surface area contributed by atoms with Gasteiger partial charge in [-0.25, -0.2) is 4.39 Å². The van der Waals surface area contributed by atoms with Gasteiger partial charge in [0.15, 0.2) is 5.76 Å². The summed E-state index contributed by atoms with van der Waals surface area (Å²) in [5, 5.41) is 10.1. The number of rotatable bonds is 3. The van der Waals surface area contributed by atoms with Crippen molar-refractivity contribution in [2.24, 2.45) is 0 Å². The highest BCUT2D eigenvalue weighted by atomic mass is 79.9. The first kappa shape index (κ1) is 12.1. The van der Waals surface area contributed by atoms with Crippen LogP contribution in [0.15, 0.2) is 39.4 Å². The van der Waals surface area contributed by atoms with Gasteiger partial charge >= 0.3 is 0 Å². The molecule has 1 unspecified atom stereocenters. The summed E-state index contributed by atoms with van der Waals surface area (Å²) in [4.78, 5) is 0. The average molecular weight is 301 g/mol. The quantitative estimate of drug-likeness (QED) is 0.946. The molecule has 17 heavy (non-hydrogen) atoms. The van der Waals surface area contributed by atoms with Crippen molar-refractivity contribution in [2.75, 3.05) is 7.11 Å². The maximum absolute atomic E-state index is 13.2. The van der Waals surface area contributed by atoms with Crippen molar-refractivity contribution in [3.05, 3.63) is 52.1 Å². The Labute approximate surface area is 106 Å². The maximum atomic E-state index is 13.2. The topological polar surface area (TPSA) is 42.6 Å². The van der Waals surface area contributed by atoms with Crippen molar-refractivity contribution in [1.82, 2.24) is 0 Å². The Morgan fingerprint density at radius 3 is 2.76 bits per heavy atom. The van der Waals surface area contributed by atoms with Crippen LogP contribution in [0.2, 0.25) is 0 Å². The van der Waals surface area contributed by atoms with Gasteiger partial charge in [-0.3, -0.25) is 0 Å². The molecular formula is C12H10BrFO3. The third-order valence-corrected chi connectivity index (χ3v) is 3.03. The normalized spacial score (nSPS) is 12.5. The van der Waals surface area contributed by atoms with E-state index in [0.29, 0.717) is 21.5 Å². The van der Waals surface area contributed by atoms with Gasteiger partial charge in [-0.1, -0.05) is 0 Å². The molecular weight excluding hydrogens is 291 g/mol. The minimum Gasteiger partial charge on any atom is -0.496 e. The number of benzene rings is 1. The fourth-order valence-electron chi connectivity index (χ4n) is 1.56. The van der Waals surface area contributed by atoms with E-state index in [1.165, 1.54) is 31.6 Å².